The fourth-order valence-corrected chi connectivity index (χ4v) is 1.90. The zero-order valence-electron chi connectivity index (χ0n) is 10.7. The maximum Gasteiger partial charge on any atom is 0.0611 e. The molecule has 1 atom stereocenters. The number of rotatable bonds is 3. The second-order valence-corrected chi connectivity index (χ2v) is 5.90. The number of aliphatic hydroxyl groups excluding tert-OH is 1. The highest BCUT2D eigenvalue weighted by molar-refractivity contribution is 5.34. The molecule has 90 valence electrons. The summed E-state index contributed by atoms with van der Waals surface area (Å²) in [7, 11) is 0. The van der Waals surface area contributed by atoms with Gasteiger partial charge in [-0.2, -0.15) is 0 Å². The third kappa shape index (κ3) is 3.32. The van der Waals surface area contributed by atoms with Crippen molar-refractivity contribution in [2.75, 3.05) is 6.61 Å². The highest BCUT2D eigenvalue weighted by atomic mass is 16.3. The van der Waals surface area contributed by atoms with E-state index in [9.17, 15) is 5.11 Å². The van der Waals surface area contributed by atoms with Gasteiger partial charge in [0, 0.05) is 5.54 Å². The number of nitrogens with two attached hydrogens (primary N) is 1. The predicted octanol–water partition coefficient (Wildman–Crippen LogP) is 2.24. The summed E-state index contributed by atoms with van der Waals surface area (Å²) in [6.07, 6.45) is 0.705. The summed E-state index contributed by atoms with van der Waals surface area (Å²) in [5.41, 5.74) is 8.12. The van der Waals surface area contributed by atoms with Crippen LogP contribution in [0.25, 0.3) is 0 Å². The van der Waals surface area contributed by atoms with Gasteiger partial charge in [-0.15, -0.1) is 0 Å². The van der Waals surface area contributed by atoms with Gasteiger partial charge in [-0.1, -0.05) is 45.0 Å². The number of hydrogen-bond acceptors (Lipinski definition) is 2. The van der Waals surface area contributed by atoms with E-state index in [1.807, 2.05) is 13.0 Å². The Hall–Kier alpha value is -0.860. The molecule has 0 fully saturated rings. The summed E-state index contributed by atoms with van der Waals surface area (Å²) in [6.45, 7) is 8.47. The molecule has 0 aliphatic heterocycles. The molecule has 2 heteroatoms. The van der Waals surface area contributed by atoms with Gasteiger partial charge in [0.05, 0.1) is 6.61 Å². The van der Waals surface area contributed by atoms with Crippen molar-refractivity contribution in [2.45, 2.75) is 45.1 Å². The van der Waals surface area contributed by atoms with Crippen molar-refractivity contribution in [3.05, 3.63) is 35.4 Å². The van der Waals surface area contributed by atoms with Crippen LogP contribution in [-0.2, 0) is 11.8 Å². The van der Waals surface area contributed by atoms with E-state index in [0.29, 0.717) is 6.42 Å². The fraction of sp³-hybridized carbons (Fsp3) is 0.571. The average molecular weight is 221 g/mol. The van der Waals surface area contributed by atoms with Gasteiger partial charge in [-0.3, -0.25) is 0 Å². The van der Waals surface area contributed by atoms with Gasteiger partial charge in [0.25, 0.3) is 0 Å². The fourth-order valence-electron chi connectivity index (χ4n) is 1.90. The van der Waals surface area contributed by atoms with E-state index in [0.717, 1.165) is 0 Å². The summed E-state index contributed by atoms with van der Waals surface area (Å²) in [5, 5.41) is 9.22. The van der Waals surface area contributed by atoms with Gasteiger partial charge in [0.2, 0.25) is 0 Å². The average Bonchev–Trinajstić information content (AvgIpc) is 2.16. The lowest BCUT2D eigenvalue weighted by Gasteiger charge is -2.28. The number of benzene rings is 1. The van der Waals surface area contributed by atoms with Gasteiger partial charge < -0.3 is 10.8 Å². The molecule has 0 aliphatic rings. The summed E-state index contributed by atoms with van der Waals surface area (Å²) in [4.78, 5) is 0. The molecule has 1 aromatic rings. The van der Waals surface area contributed by atoms with Crippen LogP contribution in [0, 0.1) is 0 Å². The van der Waals surface area contributed by atoms with Crippen molar-refractivity contribution in [1.82, 2.24) is 0 Å². The van der Waals surface area contributed by atoms with Gasteiger partial charge >= 0.3 is 0 Å². The molecule has 0 aliphatic carbocycles. The second kappa shape index (κ2) is 4.56. The standard InChI is InChI=1S/C14H23NO/c1-13(2,3)12-8-6-5-7-11(12)9-14(4,15)10-16/h5-8,16H,9-10,15H2,1-4H3. The molecule has 0 heterocycles. The minimum Gasteiger partial charge on any atom is -0.394 e. The minimum absolute atomic E-state index is 0.00543. The summed E-state index contributed by atoms with van der Waals surface area (Å²) < 4.78 is 0. The lowest BCUT2D eigenvalue weighted by atomic mass is 9.80. The lowest BCUT2D eigenvalue weighted by molar-refractivity contribution is 0.207. The van der Waals surface area contributed by atoms with Gasteiger partial charge in [-0.05, 0) is 29.9 Å². The Bertz CT molecular complexity index is 350. The Morgan fingerprint density at radius 3 is 2.19 bits per heavy atom. The normalized spacial score (nSPS) is 15.9. The number of aliphatic hydroxyl groups is 1. The SMILES string of the molecule is CC(N)(CO)Cc1ccccc1C(C)(C)C. The first kappa shape index (κ1) is 13.2. The Morgan fingerprint density at radius 2 is 1.69 bits per heavy atom. The van der Waals surface area contributed by atoms with Crippen molar-refractivity contribution in [3.63, 3.8) is 0 Å². The molecule has 0 bridgehead atoms. The van der Waals surface area contributed by atoms with E-state index in [4.69, 9.17) is 5.73 Å². The Labute approximate surface area is 98.5 Å². The van der Waals surface area contributed by atoms with E-state index in [-0.39, 0.29) is 12.0 Å². The molecule has 3 N–H and O–H groups in total. The first-order valence-electron chi connectivity index (χ1n) is 5.74. The molecule has 1 unspecified atom stereocenters. The first-order chi connectivity index (χ1) is 7.26. The molecule has 0 radical (unpaired) electrons. The predicted molar refractivity (Wildman–Crippen MR) is 68.5 cm³/mol. The Morgan fingerprint density at radius 1 is 1.12 bits per heavy atom. The van der Waals surface area contributed by atoms with Crippen molar-refractivity contribution in [1.29, 1.82) is 0 Å². The van der Waals surface area contributed by atoms with Crippen molar-refractivity contribution in [2.24, 2.45) is 5.73 Å². The smallest absolute Gasteiger partial charge is 0.0611 e. The third-order valence-corrected chi connectivity index (χ3v) is 2.78. The third-order valence-electron chi connectivity index (χ3n) is 2.78. The highest BCUT2D eigenvalue weighted by Crippen LogP contribution is 2.27. The molecule has 1 aromatic carbocycles. The molecule has 0 amide bonds. The van der Waals surface area contributed by atoms with Crippen molar-refractivity contribution in [3.8, 4) is 0 Å². The second-order valence-electron chi connectivity index (χ2n) is 5.90. The van der Waals surface area contributed by atoms with Crippen LogP contribution in [0.15, 0.2) is 24.3 Å². The molecule has 2 nitrogen and oxygen atoms in total. The maximum absolute atomic E-state index is 9.22. The van der Waals surface area contributed by atoms with Gasteiger partial charge in [0.15, 0.2) is 0 Å². The van der Waals surface area contributed by atoms with Crippen LogP contribution in [0.2, 0.25) is 0 Å². The summed E-state index contributed by atoms with van der Waals surface area (Å²) >= 11 is 0. The largest absolute Gasteiger partial charge is 0.394 e. The first-order valence-corrected chi connectivity index (χ1v) is 5.74. The van der Waals surface area contributed by atoms with E-state index in [1.165, 1.54) is 11.1 Å². The van der Waals surface area contributed by atoms with Crippen molar-refractivity contribution < 1.29 is 5.11 Å². The monoisotopic (exact) mass is 221 g/mol. The van der Waals surface area contributed by atoms with Crippen LogP contribution < -0.4 is 5.73 Å². The minimum atomic E-state index is -0.540. The van der Waals surface area contributed by atoms with Gasteiger partial charge in [0.1, 0.15) is 0 Å². The quantitative estimate of drug-likeness (QED) is 0.822. The van der Waals surface area contributed by atoms with Crippen LogP contribution in [0.3, 0.4) is 0 Å². The summed E-state index contributed by atoms with van der Waals surface area (Å²) in [5.74, 6) is 0. The summed E-state index contributed by atoms with van der Waals surface area (Å²) in [6, 6.07) is 8.32. The van der Waals surface area contributed by atoms with Crippen LogP contribution in [0.1, 0.15) is 38.8 Å². The van der Waals surface area contributed by atoms with Crippen molar-refractivity contribution >= 4 is 0 Å². The van der Waals surface area contributed by atoms with Gasteiger partial charge in [-0.25, -0.2) is 0 Å². The van der Waals surface area contributed by atoms with Crippen LogP contribution in [0.4, 0.5) is 0 Å². The molecular weight excluding hydrogens is 198 g/mol. The molecule has 0 aromatic heterocycles. The molecule has 1 rings (SSSR count). The van der Waals surface area contributed by atoms with Crippen LogP contribution >= 0.6 is 0 Å². The molecule has 0 saturated carbocycles. The number of hydrogen-bond donors (Lipinski definition) is 2. The van der Waals surface area contributed by atoms with Crippen LogP contribution in [-0.4, -0.2) is 17.3 Å². The zero-order chi connectivity index (χ0) is 12.4. The Balaban J connectivity index is 3.06. The molecular formula is C14H23NO. The van der Waals surface area contributed by atoms with Crippen LogP contribution in [0.5, 0.6) is 0 Å². The van der Waals surface area contributed by atoms with E-state index >= 15 is 0 Å². The Kier molecular flexibility index (Phi) is 3.76. The topological polar surface area (TPSA) is 46.2 Å². The van der Waals surface area contributed by atoms with E-state index in [1.54, 1.807) is 0 Å². The highest BCUT2D eigenvalue weighted by Gasteiger charge is 2.23. The zero-order valence-corrected chi connectivity index (χ0v) is 10.7. The molecule has 0 saturated heterocycles. The lowest BCUT2D eigenvalue weighted by Crippen LogP contribution is -2.42. The molecule has 0 spiro atoms. The van der Waals surface area contributed by atoms with E-state index in [2.05, 4.69) is 39.0 Å². The van der Waals surface area contributed by atoms with E-state index < -0.39 is 5.54 Å². The molecule has 16 heavy (non-hydrogen) atoms. The maximum atomic E-state index is 9.22.